The number of para-hydroxylation sites is 1. The number of nitrogen functional groups attached to an aromatic ring is 1. The summed E-state index contributed by atoms with van der Waals surface area (Å²) in [6, 6.07) is 9.80. The van der Waals surface area contributed by atoms with Crippen molar-refractivity contribution in [2.45, 2.75) is 6.92 Å². The molecule has 0 fully saturated rings. The first-order chi connectivity index (χ1) is 11.7. The molecule has 0 aliphatic carbocycles. The van der Waals surface area contributed by atoms with E-state index in [1.165, 1.54) is 10.7 Å². The molecule has 0 saturated heterocycles. The van der Waals surface area contributed by atoms with Gasteiger partial charge in [0.1, 0.15) is 11.4 Å². The molecule has 4 rings (SSSR count). The Bertz CT molecular complexity index is 1060. The van der Waals surface area contributed by atoms with E-state index in [0.717, 1.165) is 22.2 Å². The Hall–Kier alpha value is -3.35. The molecule has 1 aromatic carbocycles. The van der Waals surface area contributed by atoms with Crippen molar-refractivity contribution in [3.8, 4) is 11.3 Å². The lowest BCUT2D eigenvalue weighted by molar-refractivity contribution is 0.0526. The Morgan fingerprint density at radius 2 is 2.21 bits per heavy atom. The zero-order chi connectivity index (χ0) is 16.7. The molecule has 7 heteroatoms. The van der Waals surface area contributed by atoms with Crippen LogP contribution in [0.5, 0.6) is 0 Å². The molecular formula is C17H15N5O2. The molecule has 0 saturated carbocycles. The molecule has 0 aliphatic rings. The molecule has 0 radical (unpaired) electrons. The molecular weight excluding hydrogens is 306 g/mol. The van der Waals surface area contributed by atoms with E-state index in [1.807, 2.05) is 36.5 Å². The van der Waals surface area contributed by atoms with Crippen LogP contribution in [0.25, 0.3) is 27.8 Å². The third-order valence-electron chi connectivity index (χ3n) is 3.88. The lowest BCUT2D eigenvalue weighted by atomic mass is 10.1. The summed E-state index contributed by atoms with van der Waals surface area (Å²) in [4.78, 5) is 19.4. The minimum absolute atomic E-state index is 0.206. The monoisotopic (exact) mass is 321 g/mol. The zero-order valence-corrected chi connectivity index (χ0v) is 13.0. The van der Waals surface area contributed by atoms with Gasteiger partial charge in [0, 0.05) is 34.9 Å². The molecule has 120 valence electrons. The van der Waals surface area contributed by atoms with Crippen LogP contribution < -0.4 is 5.73 Å². The van der Waals surface area contributed by atoms with Gasteiger partial charge in [0.15, 0.2) is 5.65 Å². The van der Waals surface area contributed by atoms with Gasteiger partial charge in [-0.15, -0.1) is 0 Å². The number of aromatic nitrogens is 4. The largest absolute Gasteiger partial charge is 0.462 e. The standard InChI is InChI=1S/C17H15N5O2/c1-2-24-17(23)12-9-20-15-7-14(21-22(15)16(12)18)11-8-19-13-6-4-3-5-10(11)13/h3-9,19H,2,18H2,1H3. The fourth-order valence-corrected chi connectivity index (χ4v) is 2.73. The highest BCUT2D eigenvalue weighted by molar-refractivity contribution is 5.96. The molecule has 0 amide bonds. The predicted molar refractivity (Wildman–Crippen MR) is 90.6 cm³/mol. The maximum Gasteiger partial charge on any atom is 0.343 e. The van der Waals surface area contributed by atoms with Crippen molar-refractivity contribution in [2.24, 2.45) is 0 Å². The van der Waals surface area contributed by atoms with E-state index in [-0.39, 0.29) is 18.0 Å². The summed E-state index contributed by atoms with van der Waals surface area (Å²) in [7, 11) is 0. The third kappa shape index (κ3) is 2.10. The van der Waals surface area contributed by atoms with Crippen LogP contribution in [-0.2, 0) is 4.74 Å². The Morgan fingerprint density at radius 3 is 3.04 bits per heavy atom. The van der Waals surface area contributed by atoms with Gasteiger partial charge in [-0.25, -0.2) is 9.78 Å². The minimum atomic E-state index is -0.506. The van der Waals surface area contributed by atoms with Gasteiger partial charge in [-0.3, -0.25) is 0 Å². The SMILES string of the molecule is CCOC(=O)c1cnc2cc(-c3c[nH]c4ccccc34)nn2c1N. The van der Waals surface area contributed by atoms with Gasteiger partial charge >= 0.3 is 5.97 Å². The number of esters is 1. The molecule has 7 nitrogen and oxygen atoms in total. The molecule has 24 heavy (non-hydrogen) atoms. The molecule has 0 unspecified atom stereocenters. The molecule has 0 aliphatic heterocycles. The number of nitrogens with one attached hydrogen (secondary N) is 1. The summed E-state index contributed by atoms with van der Waals surface area (Å²) in [6.45, 7) is 2.01. The number of carbonyl (C=O) groups is 1. The van der Waals surface area contributed by atoms with Crippen LogP contribution in [0.15, 0.2) is 42.7 Å². The van der Waals surface area contributed by atoms with Crippen LogP contribution in [0.1, 0.15) is 17.3 Å². The van der Waals surface area contributed by atoms with E-state index in [4.69, 9.17) is 10.5 Å². The first-order valence-electron chi connectivity index (χ1n) is 7.57. The van der Waals surface area contributed by atoms with Crippen LogP contribution in [0, 0.1) is 0 Å². The fraction of sp³-hybridized carbons (Fsp3) is 0.118. The van der Waals surface area contributed by atoms with Crippen molar-refractivity contribution in [2.75, 3.05) is 12.3 Å². The second-order valence-electron chi connectivity index (χ2n) is 5.33. The number of fused-ring (bicyclic) bond motifs is 2. The number of anilines is 1. The highest BCUT2D eigenvalue weighted by Crippen LogP contribution is 2.28. The van der Waals surface area contributed by atoms with Gasteiger partial charge in [-0.1, -0.05) is 18.2 Å². The first-order valence-corrected chi connectivity index (χ1v) is 7.57. The van der Waals surface area contributed by atoms with Crippen molar-refractivity contribution < 1.29 is 9.53 Å². The molecule has 3 heterocycles. The minimum Gasteiger partial charge on any atom is -0.462 e. The van der Waals surface area contributed by atoms with Crippen molar-refractivity contribution >= 4 is 28.3 Å². The summed E-state index contributed by atoms with van der Waals surface area (Å²) >= 11 is 0. The topological polar surface area (TPSA) is 98.3 Å². The van der Waals surface area contributed by atoms with Crippen molar-refractivity contribution in [1.82, 2.24) is 19.6 Å². The smallest absolute Gasteiger partial charge is 0.343 e. The van der Waals surface area contributed by atoms with Crippen LogP contribution in [0.2, 0.25) is 0 Å². The van der Waals surface area contributed by atoms with Gasteiger partial charge in [-0.2, -0.15) is 9.61 Å². The number of aromatic amines is 1. The first kappa shape index (κ1) is 14.3. The number of nitrogens with two attached hydrogens (primary N) is 1. The van der Waals surface area contributed by atoms with Gasteiger partial charge in [0.05, 0.1) is 12.3 Å². The normalized spacial score (nSPS) is 11.2. The van der Waals surface area contributed by atoms with Crippen LogP contribution in [0.3, 0.4) is 0 Å². The maximum atomic E-state index is 11.9. The van der Waals surface area contributed by atoms with Crippen molar-refractivity contribution in [1.29, 1.82) is 0 Å². The van der Waals surface area contributed by atoms with Gasteiger partial charge < -0.3 is 15.5 Å². The van der Waals surface area contributed by atoms with Gasteiger partial charge in [0.25, 0.3) is 0 Å². The van der Waals surface area contributed by atoms with Crippen molar-refractivity contribution in [3.63, 3.8) is 0 Å². The fourth-order valence-electron chi connectivity index (χ4n) is 2.73. The van der Waals surface area contributed by atoms with Crippen LogP contribution in [-0.4, -0.2) is 32.2 Å². The van der Waals surface area contributed by atoms with Gasteiger partial charge in [0.2, 0.25) is 0 Å². The summed E-state index contributed by atoms with van der Waals surface area (Å²) in [5.41, 5.74) is 9.56. The molecule has 3 aromatic heterocycles. The van der Waals surface area contributed by atoms with E-state index in [2.05, 4.69) is 15.1 Å². The maximum absolute atomic E-state index is 11.9. The highest BCUT2D eigenvalue weighted by Gasteiger charge is 2.17. The number of ether oxygens (including phenoxy) is 1. The number of carbonyl (C=O) groups excluding carboxylic acids is 1. The van der Waals surface area contributed by atoms with Gasteiger partial charge in [-0.05, 0) is 13.0 Å². The average molecular weight is 321 g/mol. The van der Waals surface area contributed by atoms with E-state index in [1.54, 1.807) is 6.92 Å². The van der Waals surface area contributed by atoms with E-state index >= 15 is 0 Å². The quantitative estimate of drug-likeness (QED) is 0.565. The Morgan fingerprint density at radius 1 is 1.38 bits per heavy atom. The number of nitrogens with zero attached hydrogens (tertiary/aromatic N) is 3. The second-order valence-corrected chi connectivity index (χ2v) is 5.33. The molecule has 0 atom stereocenters. The van der Waals surface area contributed by atoms with Crippen LogP contribution in [0.4, 0.5) is 5.82 Å². The third-order valence-corrected chi connectivity index (χ3v) is 3.88. The summed E-state index contributed by atoms with van der Waals surface area (Å²) < 4.78 is 6.45. The number of benzene rings is 1. The van der Waals surface area contributed by atoms with E-state index in [0.29, 0.717) is 5.65 Å². The number of hydrogen-bond acceptors (Lipinski definition) is 5. The Kier molecular flexibility index (Phi) is 3.19. The predicted octanol–water partition coefficient (Wildman–Crippen LogP) is 2.64. The van der Waals surface area contributed by atoms with E-state index in [9.17, 15) is 4.79 Å². The molecule has 0 spiro atoms. The molecule has 0 bridgehead atoms. The molecule has 3 N–H and O–H groups in total. The summed E-state index contributed by atoms with van der Waals surface area (Å²) in [5, 5.41) is 5.57. The Labute approximate surface area is 137 Å². The lowest BCUT2D eigenvalue weighted by Crippen LogP contribution is -2.12. The van der Waals surface area contributed by atoms with E-state index < -0.39 is 5.97 Å². The lowest BCUT2D eigenvalue weighted by Gasteiger charge is -2.05. The molecule has 4 aromatic rings. The van der Waals surface area contributed by atoms with Crippen molar-refractivity contribution in [3.05, 3.63) is 48.3 Å². The summed E-state index contributed by atoms with van der Waals surface area (Å²) in [5.74, 6) is -0.293. The number of H-pyrrole nitrogens is 1. The Balaban J connectivity index is 1.87. The number of hydrogen-bond donors (Lipinski definition) is 2. The summed E-state index contributed by atoms with van der Waals surface area (Å²) in [6.07, 6.45) is 3.32. The number of rotatable bonds is 3. The second kappa shape index (κ2) is 5.38. The van der Waals surface area contributed by atoms with Crippen LogP contribution >= 0.6 is 0 Å². The average Bonchev–Trinajstić information content (AvgIpc) is 3.19. The highest BCUT2D eigenvalue weighted by atomic mass is 16.5. The zero-order valence-electron chi connectivity index (χ0n) is 13.0.